The molecule has 1 aliphatic rings. The van der Waals surface area contributed by atoms with Crippen LogP contribution < -0.4 is 20.1 Å². The first-order valence-corrected chi connectivity index (χ1v) is 11.7. The molecule has 1 amide bonds. The third-order valence-corrected chi connectivity index (χ3v) is 6.34. The SMILES string of the molecule is COc1ccccc1NC(=O)C1=C(C)Nc2nc(-c3ccccc3OC)nn2C1c1ccccc1Cl. The molecule has 2 N–H and O–H groups in total. The maximum Gasteiger partial charge on any atom is 0.255 e. The normalized spacial score (nSPS) is 14.6. The molecule has 1 aliphatic heterocycles. The Morgan fingerprint density at radius 3 is 2.39 bits per heavy atom. The molecule has 3 aromatic carbocycles. The molecule has 0 saturated heterocycles. The summed E-state index contributed by atoms with van der Waals surface area (Å²) in [6, 6.07) is 21.6. The molecule has 5 rings (SSSR count). The maximum absolute atomic E-state index is 13.7. The molecule has 0 radical (unpaired) electrons. The summed E-state index contributed by atoms with van der Waals surface area (Å²) in [6.45, 7) is 1.84. The third-order valence-electron chi connectivity index (χ3n) is 6.00. The van der Waals surface area contributed by atoms with E-state index >= 15 is 0 Å². The van der Waals surface area contributed by atoms with Gasteiger partial charge in [-0.05, 0) is 37.3 Å². The van der Waals surface area contributed by atoms with E-state index in [4.69, 9.17) is 31.2 Å². The fraction of sp³-hybridized carbons (Fsp3) is 0.148. The smallest absolute Gasteiger partial charge is 0.255 e. The summed E-state index contributed by atoms with van der Waals surface area (Å²) in [5.74, 6) is 1.85. The second-order valence-electron chi connectivity index (χ2n) is 8.15. The standard InChI is InChI=1S/C27H24ClN5O3/c1-16-23(26(34)30-20-13-7-9-15-22(20)36-3)24(17-10-4-6-12-19(17)28)33-27(29-16)31-25(32-33)18-11-5-8-14-21(18)35-2/h4-15,24H,1-3H3,(H,30,34)(H,29,31,32). The summed E-state index contributed by atoms with van der Waals surface area (Å²) in [5, 5.41) is 11.5. The molecule has 1 aromatic heterocycles. The Kier molecular flexibility index (Phi) is 6.35. The molecule has 1 atom stereocenters. The number of hydrogen-bond acceptors (Lipinski definition) is 6. The molecular formula is C27H24ClN5O3. The van der Waals surface area contributed by atoms with Gasteiger partial charge in [-0.1, -0.05) is 54.1 Å². The predicted octanol–water partition coefficient (Wildman–Crippen LogP) is 5.54. The minimum atomic E-state index is -0.624. The van der Waals surface area contributed by atoms with Gasteiger partial charge < -0.3 is 20.1 Å². The number of carbonyl (C=O) groups is 1. The lowest BCUT2D eigenvalue weighted by Crippen LogP contribution is -2.31. The number of hydrogen-bond donors (Lipinski definition) is 2. The van der Waals surface area contributed by atoms with Crippen LogP contribution in [0.15, 0.2) is 84.1 Å². The van der Waals surface area contributed by atoms with Gasteiger partial charge in [0.25, 0.3) is 5.91 Å². The van der Waals surface area contributed by atoms with Crippen molar-refractivity contribution in [2.45, 2.75) is 13.0 Å². The van der Waals surface area contributed by atoms with Gasteiger partial charge in [0, 0.05) is 16.3 Å². The predicted molar refractivity (Wildman–Crippen MR) is 140 cm³/mol. The number of nitrogens with zero attached hydrogens (tertiary/aromatic N) is 3. The summed E-state index contributed by atoms with van der Waals surface area (Å²) in [6.07, 6.45) is 0. The minimum absolute atomic E-state index is 0.311. The molecule has 0 spiro atoms. The lowest BCUT2D eigenvalue weighted by Gasteiger charge is -2.29. The number of aromatic nitrogens is 3. The van der Waals surface area contributed by atoms with E-state index in [0.717, 1.165) is 11.1 Å². The second kappa shape index (κ2) is 9.75. The van der Waals surface area contributed by atoms with Crippen molar-refractivity contribution in [2.24, 2.45) is 0 Å². The molecule has 8 nitrogen and oxygen atoms in total. The van der Waals surface area contributed by atoms with Crippen molar-refractivity contribution in [2.75, 3.05) is 24.9 Å². The number of nitrogens with one attached hydrogen (secondary N) is 2. The fourth-order valence-electron chi connectivity index (χ4n) is 4.31. The minimum Gasteiger partial charge on any atom is -0.496 e. The Morgan fingerprint density at radius 1 is 0.972 bits per heavy atom. The van der Waals surface area contributed by atoms with Crippen molar-refractivity contribution < 1.29 is 14.3 Å². The first-order chi connectivity index (χ1) is 17.5. The van der Waals surface area contributed by atoms with Crippen LogP contribution in [0.5, 0.6) is 11.5 Å². The molecule has 0 aliphatic carbocycles. The van der Waals surface area contributed by atoms with Crippen LogP contribution >= 0.6 is 11.6 Å². The Bertz CT molecular complexity index is 1480. The first kappa shape index (κ1) is 23.4. The first-order valence-electron chi connectivity index (χ1n) is 11.3. The van der Waals surface area contributed by atoms with Gasteiger partial charge in [-0.15, -0.1) is 5.10 Å². The molecule has 0 bridgehead atoms. The van der Waals surface area contributed by atoms with Crippen molar-refractivity contribution in [3.05, 3.63) is 94.7 Å². The maximum atomic E-state index is 13.7. The number of amides is 1. The zero-order chi connectivity index (χ0) is 25.2. The Labute approximate surface area is 213 Å². The van der Waals surface area contributed by atoms with E-state index in [0.29, 0.717) is 45.3 Å². The van der Waals surface area contributed by atoms with E-state index in [2.05, 4.69) is 10.6 Å². The number of methoxy groups -OCH3 is 2. The van der Waals surface area contributed by atoms with Crippen LogP contribution in [0.25, 0.3) is 11.4 Å². The summed E-state index contributed by atoms with van der Waals surface area (Å²) in [4.78, 5) is 18.5. The van der Waals surface area contributed by atoms with Crippen molar-refractivity contribution in [3.8, 4) is 22.9 Å². The summed E-state index contributed by atoms with van der Waals surface area (Å²) < 4.78 is 12.6. The Morgan fingerprint density at radius 2 is 1.64 bits per heavy atom. The summed E-state index contributed by atoms with van der Waals surface area (Å²) in [7, 11) is 3.16. The second-order valence-corrected chi connectivity index (χ2v) is 8.55. The number of allylic oxidation sites excluding steroid dienone is 1. The molecule has 9 heteroatoms. The number of rotatable bonds is 6. The average Bonchev–Trinajstić information content (AvgIpc) is 3.32. The van der Waals surface area contributed by atoms with E-state index in [1.807, 2.05) is 61.5 Å². The number of para-hydroxylation sites is 3. The molecule has 1 unspecified atom stereocenters. The van der Waals surface area contributed by atoms with Gasteiger partial charge in [0.2, 0.25) is 5.95 Å². The van der Waals surface area contributed by atoms with E-state index in [1.54, 1.807) is 37.1 Å². The summed E-state index contributed by atoms with van der Waals surface area (Å²) >= 11 is 6.64. The number of anilines is 2. The molecule has 0 fully saturated rings. The van der Waals surface area contributed by atoms with E-state index in [-0.39, 0.29) is 5.91 Å². The number of fused-ring (bicyclic) bond motifs is 1. The molecule has 182 valence electrons. The number of halogens is 1. The van der Waals surface area contributed by atoms with Gasteiger partial charge in [0.1, 0.15) is 17.5 Å². The zero-order valence-electron chi connectivity index (χ0n) is 19.9. The molecular weight excluding hydrogens is 478 g/mol. The Balaban J connectivity index is 1.63. The van der Waals surface area contributed by atoms with Gasteiger partial charge in [-0.3, -0.25) is 4.79 Å². The van der Waals surface area contributed by atoms with E-state index < -0.39 is 6.04 Å². The van der Waals surface area contributed by atoms with E-state index in [9.17, 15) is 4.79 Å². The molecule has 36 heavy (non-hydrogen) atoms. The van der Waals surface area contributed by atoms with Gasteiger partial charge in [0.05, 0.1) is 31.0 Å². The monoisotopic (exact) mass is 501 g/mol. The van der Waals surface area contributed by atoms with Crippen molar-refractivity contribution in [3.63, 3.8) is 0 Å². The molecule has 0 saturated carbocycles. The highest BCUT2D eigenvalue weighted by atomic mass is 35.5. The highest BCUT2D eigenvalue weighted by Crippen LogP contribution is 2.40. The van der Waals surface area contributed by atoms with Crippen LogP contribution in [0.3, 0.4) is 0 Å². The molecule has 2 heterocycles. The Hall–Kier alpha value is -4.30. The topological polar surface area (TPSA) is 90.3 Å². The van der Waals surface area contributed by atoms with Crippen LogP contribution in [-0.4, -0.2) is 34.9 Å². The van der Waals surface area contributed by atoms with Gasteiger partial charge in [0.15, 0.2) is 5.82 Å². The van der Waals surface area contributed by atoms with E-state index in [1.165, 1.54) is 0 Å². The van der Waals surface area contributed by atoms with Crippen molar-refractivity contribution in [1.82, 2.24) is 14.8 Å². The number of benzene rings is 3. The van der Waals surface area contributed by atoms with Crippen LogP contribution in [0.1, 0.15) is 18.5 Å². The molecule has 4 aromatic rings. The highest BCUT2D eigenvalue weighted by Gasteiger charge is 2.36. The average molecular weight is 502 g/mol. The highest BCUT2D eigenvalue weighted by molar-refractivity contribution is 6.31. The lowest BCUT2D eigenvalue weighted by molar-refractivity contribution is -0.113. The van der Waals surface area contributed by atoms with Crippen molar-refractivity contribution in [1.29, 1.82) is 0 Å². The van der Waals surface area contributed by atoms with Gasteiger partial charge in [-0.25, -0.2) is 4.68 Å². The summed E-state index contributed by atoms with van der Waals surface area (Å²) in [5.41, 5.74) is 3.11. The zero-order valence-corrected chi connectivity index (χ0v) is 20.7. The van der Waals surface area contributed by atoms with Crippen LogP contribution in [0, 0.1) is 0 Å². The van der Waals surface area contributed by atoms with Crippen molar-refractivity contribution >= 4 is 29.1 Å². The fourth-order valence-corrected chi connectivity index (χ4v) is 4.55. The largest absolute Gasteiger partial charge is 0.496 e. The number of ether oxygens (including phenoxy) is 2. The quantitative estimate of drug-likeness (QED) is 0.360. The van der Waals surface area contributed by atoms with Crippen LogP contribution in [0.4, 0.5) is 11.6 Å². The van der Waals surface area contributed by atoms with Gasteiger partial charge in [-0.2, -0.15) is 4.98 Å². The van der Waals surface area contributed by atoms with Crippen LogP contribution in [-0.2, 0) is 4.79 Å². The van der Waals surface area contributed by atoms with Crippen LogP contribution in [0.2, 0.25) is 5.02 Å². The lowest BCUT2D eigenvalue weighted by atomic mass is 9.95. The van der Waals surface area contributed by atoms with Gasteiger partial charge >= 0.3 is 0 Å². The third kappa shape index (κ3) is 4.16. The number of carbonyl (C=O) groups excluding carboxylic acids is 1.